The van der Waals surface area contributed by atoms with Gasteiger partial charge >= 0.3 is 6.03 Å². The highest BCUT2D eigenvalue weighted by Gasteiger charge is 2.33. The van der Waals surface area contributed by atoms with Crippen molar-refractivity contribution in [2.45, 2.75) is 31.8 Å². The molecule has 2 amide bonds. The second-order valence-corrected chi connectivity index (χ2v) is 6.88. The van der Waals surface area contributed by atoms with Crippen molar-refractivity contribution in [2.75, 3.05) is 25.5 Å². The zero-order valence-corrected chi connectivity index (χ0v) is 15.0. The van der Waals surface area contributed by atoms with E-state index in [9.17, 15) is 4.79 Å². The van der Waals surface area contributed by atoms with Gasteiger partial charge in [-0.3, -0.25) is 0 Å². The molecule has 0 bridgehead atoms. The van der Waals surface area contributed by atoms with Gasteiger partial charge in [0.15, 0.2) is 11.5 Å². The standard InChI is InChI=1S/C21H24N2O3/c1-25-19-11-4-5-12-20(19)26-16-13-23(14-16)21(24)22-18-10-6-8-15-7-2-3-9-17(15)18/h4-6,8,10-12,16H,2-3,7,9,13-14H2,1H3,(H,22,24). The van der Waals surface area contributed by atoms with Crippen LogP contribution in [0.3, 0.4) is 0 Å². The minimum absolute atomic E-state index is 0.00161. The van der Waals surface area contributed by atoms with Crippen LogP contribution in [-0.2, 0) is 12.8 Å². The average Bonchev–Trinajstić information content (AvgIpc) is 2.65. The molecule has 1 aliphatic carbocycles. The van der Waals surface area contributed by atoms with Crippen molar-refractivity contribution in [1.82, 2.24) is 4.90 Å². The third-order valence-electron chi connectivity index (χ3n) is 5.14. The van der Waals surface area contributed by atoms with Gasteiger partial charge in [0.25, 0.3) is 0 Å². The Kier molecular flexibility index (Phi) is 4.69. The first-order valence-corrected chi connectivity index (χ1v) is 9.21. The monoisotopic (exact) mass is 352 g/mol. The fourth-order valence-corrected chi connectivity index (χ4v) is 3.67. The molecule has 5 nitrogen and oxygen atoms in total. The van der Waals surface area contributed by atoms with Crippen molar-refractivity contribution in [1.29, 1.82) is 0 Å². The van der Waals surface area contributed by atoms with Gasteiger partial charge in [-0.1, -0.05) is 24.3 Å². The van der Waals surface area contributed by atoms with E-state index in [0.29, 0.717) is 18.8 Å². The summed E-state index contributed by atoms with van der Waals surface area (Å²) >= 11 is 0. The Bertz CT molecular complexity index is 800. The lowest BCUT2D eigenvalue weighted by molar-refractivity contribution is 0.0474. The molecule has 0 aromatic heterocycles. The molecule has 0 spiro atoms. The van der Waals surface area contributed by atoms with Gasteiger partial charge in [0, 0.05) is 5.69 Å². The number of hydrogen-bond donors (Lipinski definition) is 1. The maximum atomic E-state index is 12.5. The molecule has 1 aliphatic heterocycles. The van der Waals surface area contributed by atoms with Gasteiger partial charge in [-0.05, 0) is 55.0 Å². The summed E-state index contributed by atoms with van der Waals surface area (Å²) < 4.78 is 11.2. The number of likely N-dealkylation sites (tertiary alicyclic amines) is 1. The van der Waals surface area contributed by atoms with E-state index in [1.54, 1.807) is 12.0 Å². The van der Waals surface area contributed by atoms with Crippen LogP contribution < -0.4 is 14.8 Å². The smallest absolute Gasteiger partial charge is 0.322 e. The van der Waals surface area contributed by atoms with E-state index in [-0.39, 0.29) is 12.1 Å². The Morgan fingerprint density at radius 3 is 2.62 bits per heavy atom. The summed E-state index contributed by atoms with van der Waals surface area (Å²) in [6.45, 7) is 1.16. The van der Waals surface area contributed by atoms with Gasteiger partial charge < -0.3 is 19.7 Å². The van der Waals surface area contributed by atoms with Crippen LogP contribution in [0.1, 0.15) is 24.0 Å². The number of rotatable bonds is 4. The molecule has 5 heteroatoms. The van der Waals surface area contributed by atoms with E-state index in [1.165, 1.54) is 24.0 Å². The van der Waals surface area contributed by atoms with Crippen LogP contribution in [0.4, 0.5) is 10.5 Å². The van der Waals surface area contributed by atoms with Crippen molar-refractivity contribution in [2.24, 2.45) is 0 Å². The molecule has 0 unspecified atom stereocenters. The third kappa shape index (κ3) is 3.34. The zero-order valence-electron chi connectivity index (χ0n) is 15.0. The van der Waals surface area contributed by atoms with E-state index in [4.69, 9.17) is 9.47 Å². The molecule has 2 aromatic rings. The number of aryl methyl sites for hydroxylation is 1. The van der Waals surface area contributed by atoms with Crippen LogP contribution in [-0.4, -0.2) is 37.2 Å². The normalized spacial score (nSPS) is 16.4. The molecule has 136 valence electrons. The van der Waals surface area contributed by atoms with Crippen LogP contribution in [0.25, 0.3) is 0 Å². The molecule has 26 heavy (non-hydrogen) atoms. The summed E-state index contributed by atoms with van der Waals surface area (Å²) in [4.78, 5) is 14.3. The number of carbonyl (C=O) groups is 1. The number of nitrogens with zero attached hydrogens (tertiary/aromatic N) is 1. The molecule has 2 aliphatic rings. The number of benzene rings is 2. The lowest BCUT2D eigenvalue weighted by Gasteiger charge is -2.39. The molecule has 1 saturated heterocycles. The second kappa shape index (κ2) is 7.28. The topological polar surface area (TPSA) is 50.8 Å². The van der Waals surface area contributed by atoms with E-state index in [2.05, 4.69) is 11.4 Å². The highest BCUT2D eigenvalue weighted by atomic mass is 16.5. The Hall–Kier alpha value is -2.69. The molecule has 1 N–H and O–H groups in total. The van der Waals surface area contributed by atoms with Gasteiger partial charge in [0.2, 0.25) is 0 Å². The van der Waals surface area contributed by atoms with Crippen LogP contribution >= 0.6 is 0 Å². The fraction of sp³-hybridized carbons (Fsp3) is 0.381. The van der Waals surface area contributed by atoms with Crippen LogP contribution in [0.15, 0.2) is 42.5 Å². The minimum atomic E-state index is -0.0520. The number of carbonyl (C=O) groups excluding carboxylic acids is 1. The average molecular weight is 352 g/mol. The van der Waals surface area contributed by atoms with Crippen LogP contribution in [0.5, 0.6) is 11.5 Å². The molecule has 0 atom stereocenters. The molecule has 2 aromatic carbocycles. The van der Waals surface area contributed by atoms with E-state index >= 15 is 0 Å². The highest BCUT2D eigenvalue weighted by Crippen LogP contribution is 2.30. The Balaban J connectivity index is 1.34. The molecule has 0 radical (unpaired) electrons. The number of nitrogens with one attached hydrogen (secondary N) is 1. The van der Waals surface area contributed by atoms with Crippen LogP contribution in [0, 0.1) is 0 Å². The number of methoxy groups -OCH3 is 1. The Labute approximate surface area is 153 Å². The van der Waals surface area contributed by atoms with Crippen molar-refractivity contribution in [3.05, 3.63) is 53.6 Å². The summed E-state index contributed by atoms with van der Waals surface area (Å²) in [5.41, 5.74) is 3.63. The van der Waals surface area contributed by atoms with Crippen molar-refractivity contribution < 1.29 is 14.3 Å². The zero-order chi connectivity index (χ0) is 17.9. The first-order valence-electron chi connectivity index (χ1n) is 9.21. The number of para-hydroxylation sites is 2. The van der Waals surface area contributed by atoms with E-state index in [0.717, 1.165) is 24.3 Å². The first kappa shape index (κ1) is 16.8. The van der Waals surface area contributed by atoms with Crippen molar-refractivity contribution in [3.63, 3.8) is 0 Å². The van der Waals surface area contributed by atoms with Gasteiger partial charge in [0.1, 0.15) is 6.10 Å². The third-order valence-corrected chi connectivity index (χ3v) is 5.14. The largest absolute Gasteiger partial charge is 0.493 e. The molecular formula is C21H24N2O3. The molecule has 4 rings (SSSR count). The summed E-state index contributed by atoms with van der Waals surface area (Å²) in [5, 5.41) is 3.09. The predicted molar refractivity (Wildman–Crippen MR) is 101 cm³/mol. The minimum Gasteiger partial charge on any atom is -0.493 e. The summed E-state index contributed by atoms with van der Waals surface area (Å²) in [5.74, 6) is 1.43. The number of fused-ring (bicyclic) bond motifs is 1. The summed E-state index contributed by atoms with van der Waals surface area (Å²) in [7, 11) is 1.63. The maximum absolute atomic E-state index is 12.5. The highest BCUT2D eigenvalue weighted by molar-refractivity contribution is 5.91. The number of anilines is 1. The van der Waals surface area contributed by atoms with E-state index in [1.807, 2.05) is 36.4 Å². The lowest BCUT2D eigenvalue weighted by Crippen LogP contribution is -2.57. The number of hydrogen-bond acceptors (Lipinski definition) is 3. The number of amides is 2. The van der Waals surface area contributed by atoms with Gasteiger partial charge in [-0.25, -0.2) is 4.79 Å². The van der Waals surface area contributed by atoms with Crippen molar-refractivity contribution >= 4 is 11.7 Å². The van der Waals surface area contributed by atoms with Crippen LogP contribution in [0.2, 0.25) is 0 Å². The van der Waals surface area contributed by atoms with E-state index < -0.39 is 0 Å². The summed E-state index contributed by atoms with van der Waals surface area (Å²) in [6.07, 6.45) is 4.58. The quantitative estimate of drug-likeness (QED) is 0.909. The molecular weight excluding hydrogens is 328 g/mol. The number of urea groups is 1. The van der Waals surface area contributed by atoms with Crippen molar-refractivity contribution in [3.8, 4) is 11.5 Å². The first-order chi connectivity index (χ1) is 12.7. The number of ether oxygens (including phenoxy) is 2. The fourth-order valence-electron chi connectivity index (χ4n) is 3.67. The lowest BCUT2D eigenvalue weighted by atomic mass is 9.90. The molecule has 0 saturated carbocycles. The maximum Gasteiger partial charge on any atom is 0.322 e. The SMILES string of the molecule is COc1ccccc1OC1CN(C(=O)Nc2cccc3c2CCCC3)C1. The second-order valence-electron chi connectivity index (χ2n) is 6.88. The molecule has 1 heterocycles. The summed E-state index contributed by atoms with van der Waals surface area (Å²) in [6, 6.07) is 13.7. The molecule has 1 fully saturated rings. The predicted octanol–water partition coefficient (Wildman–Crippen LogP) is 3.87. The Morgan fingerprint density at radius 2 is 1.81 bits per heavy atom. The van der Waals surface area contributed by atoms with Gasteiger partial charge in [-0.2, -0.15) is 0 Å². The van der Waals surface area contributed by atoms with Gasteiger partial charge in [-0.15, -0.1) is 0 Å². The van der Waals surface area contributed by atoms with Gasteiger partial charge in [0.05, 0.1) is 20.2 Å². The Morgan fingerprint density at radius 1 is 1.04 bits per heavy atom.